The fraction of sp³-hybridized carbons (Fsp3) is 0.294. The molecule has 0 aliphatic carbocycles. The van der Waals surface area contributed by atoms with Crippen LogP contribution >= 0.6 is 0 Å². The van der Waals surface area contributed by atoms with E-state index in [0.717, 1.165) is 16.3 Å². The molecule has 21 heavy (non-hydrogen) atoms. The van der Waals surface area contributed by atoms with Crippen molar-refractivity contribution in [2.24, 2.45) is 5.41 Å². The van der Waals surface area contributed by atoms with Gasteiger partial charge < -0.3 is 10.2 Å². The quantitative estimate of drug-likeness (QED) is 0.903. The van der Waals surface area contributed by atoms with Gasteiger partial charge in [-0.2, -0.15) is 0 Å². The van der Waals surface area contributed by atoms with Crippen LogP contribution in [-0.4, -0.2) is 21.2 Å². The molecule has 1 aromatic heterocycles. The maximum atomic E-state index is 11.1. The number of carboxylic acids is 1. The van der Waals surface area contributed by atoms with E-state index in [2.05, 4.69) is 4.98 Å². The number of aliphatic hydroxyl groups excluding tert-OH is 1. The Kier molecular flexibility index (Phi) is 4.09. The molecule has 0 saturated carbocycles. The number of carbonyl (C=O) groups is 1. The molecule has 2 aromatic rings. The fourth-order valence-corrected chi connectivity index (χ4v) is 1.88. The van der Waals surface area contributed by atoms with E-state index in [0.29, 0.717) is 5.69 Å². The summed E-state index contributed by atoms with van der Waals surface area (Å²) in [6, 6.07) is 7.65. The number of aliphatic carboxylic acids is 1. The van der Waals surface area contributed by atoms with E-state index >= 15 is 0 Å². The Morgan fingerprint density at radius 1 is 1.29 bits per heavy atom. The Morgan fingerprint density at radius 3 is 2.62 bits per heavy atom. The summed E-state index contributed by atoms with van der Waals surface area (Å²) in [5, 5.41) is 20.6. The van der Waals surface area contributed by atoms with Crippen molar-refractivity contribution in [3.63, 3.8) is 0 Å². The minimum atomic E-state index is -0.905. The van der Waals surface area contributed by atoms with Gasteiger partial charge >= 0.3 is 5.97 Å². The number of hydrogen-bond acceptors (Lipinski definition) is 3. The first-order valence-electron chi connectivity index (χ1n) is 6.80. The van der Waals surface area contributed by atoms with Gasteiger partial charge in [0.05, 0.1) is 17.2 Å². The highest BCUT2D eigenvalue weighted by Crippen LogP contribution is 2.22. The smallest absolute Gasteiger partial charge is 0.312 e. The summed E-state index contributed by atoms with van der Waals surface area (Å²) in [5.74, 6) is -0.861. The van der Waals surface area contributed by atoms with Crippen molar-refractivity contribution in [2.75, 3.05) is 0 Å². The molecular formula is C17H19NO3. The van der Waals surface area contributed by atoms with E-state index in [1.54, 1.807) is 39.1 Å². The van der Waals surface area contributed by atoms with E-state index in [1.807, 2.05) is 24.3 Å². The Labute approximate surface area is 123 Å². The molecule has 1 heterocycles. The molecule has 2 N–H and O–H groups in total. The average molecular weight is 285 g/mol. The van der Waals surface area contributed by atoms with Crippen LogP contribution in [0.5, 0.6) is 0 Å². The third kappa shape index (κ3) is 3.47. The predicted octanol–water partition coefficient (Wildman–Crippen LogP) is 3.41. The van der Waals surface area contributed by atoms with Gasteiger partial charge in [0, 0.05) is 11.6 Å². The molecular weight excluding hydrogens is 266 g/mol. The lowest BCUT2D eigenvalue weighted by molar-refractivity contribution is -0.144. The summed E-state index contributed by atoms with van der Waals surface area (Å²) in [4.78, 5) is 15.3. The summed E-state index contributed by atoms with van der Waals surface area (Å²) in [6.07, 6.45) is 4.59. The van der Waals surface area contributed by atoms with Crippen LogP contribution in [0.1, 0.15) is 38.1 Å². The van der Waals surface area contributed by atoms with Crippen molar-refractivity contribution in [2.45, 2.75) is 26.9 Å². The van der Waals surface area contributed by atoms with Gasteiger partial charge in [0.25, 0.3) is 0 Å². The second-order valence-electron chi connectivity index (χ2n) is 5.75. The van der Waals surface area contributed by atoms with Crippen LogP contribution in [0, 0.1) is 5.41 Å². The van der Waals surface area contributed by atoms with Gasteiger partial charge in [0.2, 0.25) is 0 Å². The van der Waals surface area contributed by atoms with Gasteiger partial charge in [-0.05, 0) is 43.9 Å². The van der Waals surface area contributed by atoms with Crippen LogP contribution in [0.3, 0.4) is 0 Å². The maximum absolute atomic E-state index is 11.1. The molecule has 0 spiro atoms. The van der Waals surface area contributed by atoms with Crippen molar-refractivity contribution < 1.29 is 15.0 Å². The van der Waals surface area contributed by atoms with Crippen molar-refractivity contribution in [3.8, 4) is 0 Å². The fourth-order valence-electron chi connectivity index (χ4n) is 1.88. The maximum Gasteiger partial charge on any atom is 0.312 e. The highest BCUT2D eigenvalue weighted by atomic mass is 16.4. The number of nitrogens with zero attached hydrogens (tertiary/aromatic N) is 1. The second-order valence-corrected chi connectivity index (χ2v) is 5.75. The lowest BCUT2D eigenvalue weighted by Crippen LogP contribution is -2.20. The van der Waals surface area contributed by atoms with Crippen LogP contribution in [0.2, 0.25) is 0 Å². The van der Waals surface area contributed by atoms with E-state index in [4.69, 9.17) is 5.11 Å². The molecule has 0 saturated heterocycles. The minimum absolute atomic E-state index is 0.612. The topological polar surface area (TPSA) is 70.4 Å². The molecule has 0 amide bonds. The number of fused-ring (bicyclic) bond motifs is 1. The standard InChI is InChI=1S/C17H19NO3/c1-11(19)15-9-14-8-12(4-5-13(14)10-18-15)6-7-17(2,3)16(20)21/h4-11,19H,1-3H3,(H,20,21)/b7-6+/t11-/m1/s1. The zero-order valence-electron chi connectivity index (χ0n) is 12.4. The first kappa shape index (κ1) is 15.2. The summed E-state index contributed by atoms with van der Waals surface area (Å²) in [5.41, 5.74) is 0.631. The first-order valence-corrected chi connectivity index (χ1v) is 6.80. The molecule has 4 heteroatoms. The van der Waals surface area contributed by atoms with Crippen LogP contribution in [0.4, 0.5) is 0 Å². The van der Waals surface area contributed by atoms with Gasteiger partial charge in [0.15, 0.2) is 0 Å². The van der Waals surface area contributed by atoms with Crippen molar-refractivity contribution in [1.29, 1.82) is 0 Å². The first-order chi connectivity index (χ1) is 9.79. The van der Waals surface area contributed by atoms with Crippen LogP contribution in [-0.2, 0) is 4.79 Å². The number of pyridine rings is 1. The number of aliphatic hydroxyl groups is 1. The van der Waals surface area contributed by atoms with Gasteiger partial charge in [-0.1, -0.05) is 24.3 Å². The van der Waals surface area contributed by atoms with E-state index in [1.165, 1.54) is 0 Å². The number of benzene rings is 1. The zero-order chi connectivity index (χ0) is 15.6. The molecule has 0 fully saturated rings. The van der Waals surface area contributed by atoms with E-state index in [-0.39, 0.29) is 0 Å². The van der Waals surface area contributed by atoms with E-state index in [9.17, 15) is 9.90 Å². The highest BCUT2D eigenvalue weighted by molar-refractivity contribution is 5.85. The average Bonchev–Trinajstić information content (AvgIpc) is 2.44. The van der Waals surface area contributed by atoms with Crippen molar-refractivity contribution in [3.05, 3.63) is 47.8 Å². The van der Waals surface area contributed by atoms with Gasteiger partial charge in [0.1, 0.15) is 0 Å². The zero-order valence-corrected chi connectivity index (χ0v) is 12.4. The molecule has 0 aliphatic heterocycles. The van der Waals surface area contributed by atoms with Crippen LogP contribution in [0.25, 0.3) is 16.8 Å². The molecule has 2 rings (SSSR count). The number of hydrogen-bond donors (Lipinski definition) is 2. The van der Waals surface area contributed by atoms with Gasteiger partial charge in [-0.3, -0.25) is 9.78 Å². The summed E-state index contributed by atoms with van der Waals surface area (Å²) < 4.78 is 0. The van der Waals surface area contributed by atoms with E-state index < -0.39 is 17.5 Å². The summed E-state index contributed by atoms with van der Waals surface area (Å²) >= 11 is 0. The summed E-state index contributed by atoms with van der Waals surface area (Å²) in [7, 11) is 0. The monoisotopic (exact) mass is 285 g/mol. The second kappa shape index (κ2) is 5.66. The lowest BCUT2D eigenvalue weighted by Gasteiger charge is -2.13. The molecule has 1 atom stereocenters. The Morgan fingerprint density at radius 2 is 2.00 bits per heavy atom. The SMILES string of the molecule is C[C@@H](O)c1cc2cc(/C=C/C(C)(C)C(=O)O)ccc2cn1. The largest absolute Gasteiger partial charge is 0.481 e. The third-order valence-corrected chi connectivity index (χ3v) is 3.44. The molecule has 4 nitrogen and oxygen atoms in total. The minimum Gasteiger partial charge on any atom is -0.481 e. The lowest BCUT2D eigenvalue weighted by atomic mass is 9.92. The molecule has 0 bridgehead atoms. The summed E-state index contributed by atoms with van der Waals surface area (Å²) in [6.45, 7) is 4.98. The van der Waals surface area contributed by atoms with Gasteiger partial charge in [-0.25, -0.2) is 0 Å². The predicted molar refractivity (Wildman–Crippen MR) is 82.8 cm³/mol. The highest BCUT2D eigenvalue weighted by Gasteiger charge is 2.22. The van der Waals surface area contributed by atoms with Gasteiger partial charge in [-0.15, -0.1) is 0 Å². The number of aromatic nitrogens is 1. The molecule has 1 aromatic carbocycles. The van der Waals surface area contributed by atoms with Crippen molar-refractivity contribution >= 4 is 22.8 Å². The third-order valence-electron chi connectivity index (χ3n) is 3.44. The normalized spacial score (nSPS) is 13.7. The molecule has 0 aliphatic rings. The van der Waals surface area contributed by atoms with Crippen molar-refractivity contribution in [1.82, 2.24) is 4.98 Å². The Hall–Kier alpha value is -2.20. The molecule has 0 radical (unpaired) electrons. The van der Waals surface area contributed by atoms with Crippen LogP contribution in [0.15, 0.2) is 36.5 Å². The number of rotatable bonds is 4. The number of carboxylic acid groups (broad SMARTS) is 1. The molecule has 0 unspecified atom stereocenters. The van der Waals surface area contributed by atoms with Crippen LogP contribution < -0.4 is 0 Å². The Balaban J connectivity index is 2.38. The Bertz CT molecular complexity index is 702. The molecule has 110 valence electrons.